The molecule has 0 aliphatic heterocycles. The molecular weight excluding hydrogens is 226 g/mol. The van der Waals surface area contributed by atoms with E-state index in [1.807, 2.05) is 6.07 Å². The lowest BCUT2D eigenvalue weighted by Gasteiger charge is -2.20. The number of carbonyl (C=O) groups excluding carboxylic acids is 1. The lowest BCUT2D eigenvalue weighted by atomic mass is 9.84. The van der Waals surface area contributed by atoms with Crippen LogP contribution in [0.25, 0.3) is 0 Å². The molecule has 2 rings (SSSR count). The van der Waals surface area contributed by atoms with Crippen LogP contribution in [0, 0.1) is 5.92 Å². The van der Waals surface area contributed by atoms with Gasteiger partial charge in [0.15, 0.2) is 5.78 Å². The van der Waals surface area contributed by atoms with Crippen molar-refractivity contribution in [3.05, 3.63) is 24.0 Å². The van der Waals surface area contributed by atoms with Gasteiger partial charge in [0.2, 0.25) is 0 Å². The summed E-state index contributed by atoms with van der Waals surface area (Å²) < 4.78 is 5.52. The third-order valence-electron chi connectivity index (χ3n) is 3.45. The summed E-state index contributed by atoms with van der Waals surface area (Å²) in [6, 6.07) is 1.83. The van der Waals surface area contributed by atoms with E-state index in [2.05, 4.69) is 11.9 Å². The number of pyridine rings is 1. The highest BCUT2D eigenvalue weighted by Crippen LogP contribution is 2.27. The van der Waals surface area contributed by atoms with Crippen LogP contribution in [0.1, 0.15) is 55.8 Å². The van der Waals surface area contributed by atoms with Crippen LogP contribution < -0.4 is 4.74 Å². The Labute approximate surface area is 109 Å². The summed E-state index contributed by atoms with van der Waals surface area (Å²) in [7, 11) is 0. The van der Waals surface area contributed by atoms with Gasteiger partial charge in [0.25, 0.3) is 0 Å². The average molecular weight is 247 g/mol. The van der Waals surface area contributed by atoms with Crippen molar-refractivity contribution in [2.45, 2.75) is 45.4 Å². The number of nitrogens with zero attached hydrogens (tertiary/aromatic N) is 1. The minimum Gasteiger partial charge on any atom is -0.492 e. The molecule has 0 saturated heterocycles. The van der Waals surface area contributed by atoms with Crippen molar-refractivity contribution < 1.29 is 9.53 Å². The van der Waals surface area contributed by atoms with Crippen LogP contribution in [0.15, 0.2) is 18.5 Å². The van der Waals surface area contributed by atoms with E-state index in [4.69, 9.17) is 4.74 Å². The van der Waals surface area contributed by atoms with Crippen LogP contribution in [0.2, 0.25) is 0 Å². The molecule has 1 fully saturated rings. The first-order valence-corrected chi connectivity index (χ1v) is 6.93. The molecule has 0 spiro atoms. The van der Waals surface area contributed by atoms with E-state index < -0.39 is 0 Å². The number of hydrogen-bond acceptors (Lipinski definition) is 3. The summed E-state index contributed by atoms with van der Waals surface area (Å²) in [4.78, 5) is 16.4. The largest absolute Gasteiger partial charge is 0.492 e. The summed E-state index contributed by atoms with van der Waals surface area (Å²) in [6.45, 7) is 2.73. The fourth-order valence-corrected chi connectivity index (χ4v) is 2.45. The number of hydrogen-bond donors (Lipinski definition) is 0. The van der Waals surface area contributed by atoms with Crippen molar-refractivity contribution in [3.8, 4) is 5.75 Å². The summed E-state index contributed by atoms with van der Waals surface area (Å²) in [6.07, 6.45) is 9.97. The number of ketones is 1. The molecule has 98 valence electrons. The van der Waals surface area contributed by atoms with Crippen molar-refractivity contribution in [1.29, 1.82) is 0 Å². The van der Waals surface area contributed by atoms with E-state index in [-0.39, 0.29) is 11.7 Å². The number of ether oxygens (including phenoxy) is 1. The van der Waals surface area contributed by atoms with Gasteiger partial charge in [0, 0.05) is 17.7 Å². The van der Waals surface area contributed by atoms with E-state index in [1.165, 1.54) is 19.3 Å². The normalized spacial score (nSPS) is 16.5. The Morgan fingerprint density at radius 2 is 2.11 bits per heavy atom. The van der Waals surface area contributed by atoms with Gasteiger partial charge < -0.3 is 4.74 Å². The third kappa shape index (κ3) is 3.31. The van der Waals surface area contributed by atoms with E-state index in [9.17, 15) is 4.79 Å². The monoisotopic (exact) mass is 247 g/mol. The Morgan fingerprint density at radius 1 is 1.33 bits per heavy atom. The number of aromatic nitrogens is 1. The molecule has 1 aromatic rings. The second-order valence-electron chi connectivity index (χ2n) is 4.96. The molecule has 3 heteroatoms. The first kappa shape index (κ1) is 13.1. The minimum absolute atomic E-state index is 0.196. The zero-order chi connectivity index (χ0) is 12.8. The lowest BCUT2D eigenvalue weighted by molar-refractivity contribution is 0.0888. The van der Waals surface area contributed by atoms with Crippen molar-refractivity contribution in [2.75, 3.05) is 6.61 Å². The molecule has 1 saturated carbocycles. The standard InChI is InChI=1S/C15H21NO2/c1-2-8-18-14-9-13(10-16-11-14)15(17)12-6-4-3-5-7-12/h9-12H,2-8H2,1H3. The highest BCUT2D eigenvalue weighted by Gasteiger charge is 2.22. The second kappa shape index (κ2) is 6.53. The van der Waals surface area contributed by atoms with Gasteiger partial charge >= 0.3 is 0 Å². The van der Waals surface area contributed by atoms with Gasteiger partial charge in [-0.1, -0.05) is 26.2 Å². The van der Waals surface area contributed by atoms with Crippen LogP contribution in [0.5, 0.6) is 5.75 Å². The van der Waals surface area contributed by atoms with Crippen molar-refractivity contribution in [2.24, 2.45) is 5.92 Å². The number of Topliss-reactive ketones (excluding diaryl/α,β-unsaturated/α-hetero) is 1. The SMILES string of the molecule is CCCOc1cncc(C(=O)C2CCCCC2)c1. The molecule has 1 aliphatic carbocycles. The Bertz CT molecular complexity index is 397. The van der Waals surface area contributed by atoms with Gasteiger partial charge in [-0.15, -0.1) is 0 Å². The molecule has 0 radical (unpaired) electrons. The third-order valence-corrected chi connectivity index (χ3v) is 3.45. The molecule has 18 heavy (non-hydrogen) atoms. The molecule has 1 aliphatic rings. The van der Waals surface area contributed by atoms with E-state index in [0.717, 1.165) is 19.3 Å². The Hall–Kier alpha value is -1.38. The summed E-state index contributed by atoms with van der Waals surface area (Å²) in [5.41, 5.74) is 0.704. The number of carbonyl (C=O) groups is 1. The summed E-state index contributed by atoms with van der Waals surface area (Å²) in [5, 5.41) is 0. The molecule has 0 unspecified atom stereocenters. The predicted molar refractivity (Wildman–Crippen MR) is 70.9 cm³/mol. The maximum absolute atomic E-state index is 12.3. The van der Waals surface area contributed by atoms with Crippen LogP contribution in [-0.2, 0) is 0 Å². The zero-order valence-corrected chi connectivity index (χ0v) is 11.0. The zero-order valence-electron chi connectivity index (χ0n) is 11.0. The lowest BCUT2D eigenvalue weighted by Crippen LogP contribution is -2.18. The van der Waals surface area contributed by atoms with Gasteiger partial charge in [-0.3, -0.25) is 9.78 Å². The Morgan fingerprint density at radius 3 is 2.83 bits per heavy atom. The fraction of sp³-hybridized carbons (Fsp3) is 0.600. The molecular formula is C15H21NO2. The molecule has 3 nitrogen and oxygen atoms in total. The molecule has 0 N–H and O–H groups in total. The van der Waals surface area contributed by atoms with Gasteiger partial charge in [0.1, 0.15) is 5.75 Å². The van der Waals surface area contributed by atoms with E-state index in [0.29, 0.717) is 17.9 Å². The average Bonchev–Trinajstić information content (AvgIpc) is 2.45. The highest BCUT2D eigenvalue weighted by atomic mass is 16.5. The molecule has 1 heterocycles. The highest BCUT2D eigenvalue weighted by molar-refractivity contribution is 5.97. The first-order valence-electron chi connectivity index (χ1n) is 6.93. The first-order chi connectivity index (χ1) is 8.81. The van der Waals surface area contributed by atoms with Gasteiger partial charge in [0.05, 0.1) is 12.8 Å². The van der Waals surface area contributed by atoms with Crippen LogP contribution in [0.3, 0.4) is 0 Å². The van der Waals surface area contributed by atoms with Crippen molar-refractivity contribution >= 4 is 5.78 Å². The minimum atomic E-state index is 0.196. The van der Waals surface area contributed by atoms with Gasteiger partial charge in [-0.05, 0) is 25.3 Å². The smallest absolute Gasteiger partial charge is 0.167 e. The quantitative estimate of drug-likeness (QED) is 0.746. The molecule has 0 bridgehead atoms. The van der Waals surface area contributed by atoms with E-state index in [1.54, 1.807) is 12.4 Å². The summed E-state index contributed by atoms with van der Waals surface area (Å²) in [5.74, 6) is 1.14. The van der Waals surface area contributed by atoms with Crippen molar-refractivity contribution in [3.63, 3.8) is 0 Å². The van der Waals surface area contributed by atoms with Gasteiger partial charge in [-0.25, -0.2) is 0 Å². The maximum atomic E-state index is 12.3. The molecule has 0 aromatic carbocycles. The molecule has 0 amide bonds. The van der Waals surface area contributed by atoms with E-state index >= 15 is 0 Å². The van der Waals surface area contributed by atoms with Crippen molar-refractivity contribution in [1.82, 2.24) is 4.98 Å². The fourth-order valence-electron chi connectivity index (χ4n) is 2.45. The molecule has 0 atom stereocenters. The number of rotatable bonds is 5. The summed E-state index contributed by atoms with van der Waals surface area (Å²) >= 11 is 0. The van der Waals surface area contributed by atoms with Crippen LogP contribution in [-0.4, -0.2) is 17.4 Å². The van der Waals surface area contributed by atoms with Crippen LogP contribution in [0.4, 0.5) is 0 Å². The topological polar surface area (TPSA) is 39.2 Å². The Balaban J connectivity index is 2.04. The second-order valence-corrected chi connectivity index (χ2v) is 4.96. The maximum Gasteiger partial charge on any atom is 0.167 e. The van der Waals surface area contributed by atoms with Crippen LogP contribution >= 0.6 is 0 Å². The predicted octanol–water partition coefficient (Wildman–Crippen LogP) is 3.63. The van der Waals surface area contributed by atoms with Gasteiger partial charge in [-0.2, -0.15) is 0 Å². The Kier molecular flexibility index (Phi) is 4.73. The molecule has 1 aromatic heterocycles.